The third-order valence-electron chi connectivity index (χ3n) is 4.84. The Labute approximate surface area is 165 Å². The zero-order chi connectivity index (χ0) is 19.9. The van der Waals surface area contributed by atoms with E-state index in [1.54, 1.807) is 0 Å². The molecule has 0 spiro atoms. The topological polar surface area (TPSA) is 58.2 Å². The smallest absolute Gasteiger partial charge is 0.224 e. The molecule has 0 bridgehead atoms. The van der Waals surface area contributed by atoms with Gasteiger partial charge in [-0.05, 0) is 31.0 Å². The second-order valence-corrected chi connectivity index (χ2v) is 7.54. The molecule has 4 nitrogen and oxygen atoms in total. The second kappa shape index (κ2) is 14.2. The van der Waals surface area contributed by atoms with Crippen LogP contribution in [-0.4, -0.2) is 11.8 Å². The van der Waals surface area contributed by atoms with Crippen LogP contribution in [0.25, 0.3) is 0 Å². The van der Waals surface area contributed by atoms with Gasteiger partial charge in [0.15, 0.2) is 0 Å². The fraction of sp³-hybridized carbons (Fsp3) is 0.652. The van der Waals surface area contributed by atoms with E-state index in [2.05, 4.69) is 17.6 Å². The van der Waals surface area contributed by atoms with Gasteiger partial charge in [0.25, 0.3) is 0 Å². The zero-order valence-electron chi connectivity index (χ0n) is 17.5. The van der Waals surface area contributed by atoms with Crippen molar-refractivity contribution in [3.05, 3.63) is 23.8 Å². The first-order chi connectivity index (χ1) is 13.0. The van der Waals surface area contributed by atoms with E-state index in [1.807, 2.05) is 25.1 Å². The minimum atomic E-state index is -0.109. The monoisotopic (exact) mass is 374 g/mol. The van der Waals surface area contributed by atoms with Gasteiger partial charge in [-0.3, -0.25) is 9.59 Å². The summed E-state index contributed by atoms with van der Waals surface area (Å²) in [7, 11) is 0. The van der Waals surface area contributed by atoms with Crippen molar-refractivity contribution < 1.29 is 9.59 Å². The summed E-state index contributed by atoms with van der Waals surface area (Å²) >= 11 is 0. The number of hydrogen-bond donors (Lipinski definition) is 2. The highest BCUT2D eigenvalue weighted by molar-refractivity contribution is 5.93. The lowest BCUT2D eigenvalue weighted by atomic mass is 10.1. The van der Waals surface area contributed by atoms with Gasteiger partial charge in [0, 0.05) is 24.7 Å². The Kier molecular flexibility index (Phi) is 12.2. The van der Waals surface area contributed by atoms with Gasteiger partial charge in [-0.25, -0.2) is 0 Å². The number of amides is 2. The molecular formula is C23H38N2O2. The molecule has 152 valence electrons. The highest BCUT2D eigenvalue weighted by Crippen LogP contribution is 2.20. The van der Waals surface area contributed by atoms with Crippen LogP contribution in [0.4, 0.5) is 11.4 Å². The third kappa shape index (κ3) is 11.5. The molecule has 0 saturated carbocycles. The molecule has 0 aliphatic heterocycles. The number of rotatable bonds is 14. The summed E-state index contributed by atoms with van der Waals surface area (Å²) < 4.78 is 0. The van der Waals surface area contributed by atoms with Gasteiger partial charge in [0.05, 0.1) is 0 Å². The van der Waals surface area contributed by atoms with Crippen LogP contribution in [0.2, 0.25) is 0 Å². The highest BCUT2D eigenvalue weighted by Gasteiger charge is 2.06. The molecule has 1 rings (SSSR count). The average molecular weight is 375 g/mol. The average Bonchev–Trinajstić information content (AvgIpc) is 2.62. The van der Waals surface area contributed by atoms with Gasteiger partial charge in [-0.2, -0.15) is 0 Å². The molecule has 2 amide bonds. The number of hydrogen-bond acceptors (Lipinski definition) is 2. The lowest BCUT2D eigenvalue weighted by molar-refractivity contribution is -0.116. The standard InChI is InChI=1S/C23H38N2O2/c1-4-5-6-7-8-9-10-11-12-13-14-15-23(27)25-21-17-16-19(2)22(18-21)24-20(3)26/h16-18H,4-15H2,1-3H3,(H,24,26)(H,25,27). The van der Waals surface area contributed by atoms with Crippen LogP contribution >= 0.6 is 0 Å². The summed E-state index contributed by atoms with van der Waals surface area (Å²) in [6.07, 6.45) is 14.6. The largest absolute Gasteiger partial charge is 0.326 e. The van der Waals surface area contributed by atoms with Crippen LogP contribution < -0.4 is 10.6 Å². The predicted molar refractivity (Wildman–Crippen MR) is 115 cm³/mol. The van der Waals surface area contributed by atoms with Gasteiger partial charge < -0.3 is 10.6 Å². The molecule has 2 N–H and O–H groups in total. The van der Waals surface area contributed by atoms with Crippen molar-refractivity contribution in [3.8, 4) is 0 Å². The van der Waals surface area contributed by atoms with E-state index in [9.17, 15) is 9.59 Å². The van der Waals surface area contributed by atoms with Gasteiger partial charge in [0.2, 0.25) is 11.8 Å². The quantitative estimate of drug-likeness (QED) is 0.361. The Morgan fingerprint density at radius 2 is 1.37 bits per heavy atom. The Morgan fingerprint density at radius 1 is 0.815 bits per heavy atom. The molecular weight excluding hydrogens is 336 g/mol. The van der Waals surface area contributed by atoms with Crippen LogP contribution in [0.1, 0.15) is 96.5 Å². The molecule has 0 atom stereocenters. The maximum atomic E-state index is 12.1. The summed E-state index contributed by atoms with van der Waals surface area (Å²) in [6.45, 7) is 5.67. The first kappa shape index (κ1) is 23.2. The normalized spacial score (nSPS) is 10.6. The van der Waals surface area contributed by atoms with Gasteiger partial charge in [-0.15, -0.1) is 0 Å². The van der Waals surface area contributed by atoms with E-state index < -0.39 is 0 Å². The fourth-order valence-electron chi connectivity index (χ4n) is 3.20. The lowest BCUT2D eigenvalue weighted by Crippen LogP contribution is -2.12. The van der Waals surface area contributed by atoms with E-state index in [0.717, 1.165) is 29.8 Å². The van der Waals surface area contributed by atoms with Crippen LogP contribution in [0.5, 0.6) is 0 Å². The van der Waals surface area contributed by atoms with E-state index in [1.165, 1.54) is 64.7 Å². The molecule has 0 aliphatic carbocycles. The van der Waals surface area contributed by atoms with Crippen LogP contribution in [0.3, 0.4) is 0 Å². The van der Waals surface area contributed by atoms with Crippen molar-refractivity contribution in [1.29, 1.82) is 0 Å². The molecule has 0 unspecified atom stereocenters. The predicted octanol–water partition coefficient (Wildman–Crippen LogP) is 6.59. The molecule has 0 fully saturated rings. The summed E-state index contributed by atoms with van der Waals surface area (Å²) in [6, 6.07) is 5.59. The first-order valence-electron chi connectivity index (χ1n) is 10.7. The van der Waals surface area contributed by atoms with Crippen molar-refractivity contribution in [3.63, 3.8) is 0 Å². The van der Waals surface area contributed by atoms with E-state index in [0.29, 0.717) is 6.42 Å². The van der Waals surface area contributed by atoms with Crippen LogP contribution in [-0.2, 0) is 9.59 Å². The van der Waals surface area contributed by atoms with Crippen molar-refractivity contribution in [2.75, 3.05) is 10.6 Å². The maximum absolute atomic E-state index is 12.1. The molecule has 0 heterocycles. The van der Waals surface area contributed by atoms with E-state index in [4.69, 9.17) is 0 Å². The SMILES string of the molecule is CCCCCCCCCCCCCC(=O)Nc1ccc(C)c(NC(C)=O)c1. The molecule has 1 aromatic carbocycles. The van der Waals surface area contributed by atoms with Gasteiger partial charge in [-0.1, -0.05) is 77.2 Å². The number of carbonyl (C=O) groups excluding carboxylic acids is 2. The number of aryl methyl sites for hydroxylation is 1. The Hall–Kier alpha value is -1.84. The molecule has 0 aliphatic rings. The fourth-order valence-corrected chi connectivity index (χ4v) is 3.20. The van der Waals surface area contributed by atoms with Crippen molar-refractivity contribution in [1.82, 2.24) is 0 Å². The molecule has 0 saturated heterocycles. The summed E-state index contributed by atoms with van der Waals surface area (Å²) in [5, 5.41) is 5.72. The molecule has 27 heavy (non-hydrogen) atoms. The summed E-state index contributed by atoms with van der Waals surface area (Å²) in [5.41, 5.74) is 2.46. The van der Waals surface area contributed by atoms with Gasteiger partial charge in [0.1, 0.15) is 0 Å². The van der Waals surface area contributed by atoms with Crippen LogP contribution in [0.15, 0.2) is 18.2 Å². The third-order valence-corrected chi connectivity index (χ3v) is 4.84. The summed E-state index contributed by atoms with van der Waals surface area (Å²) in [5.74, 6) is -0.0638. The van der Waals surface area contributed by atoms with E-state index >= 15 is 0 Å². The Bertz CT molecular complexity index is 569. The number of carbonyl (C=O) groups is 2. The number of benzene rings is 1. The summed E-state index contributed by atoms with van der Waals surface area (Å²) in [4.78, 5) is 23.3. The number of anilines is 2. The van der Waals surface area contributed by atoms with Crippen LogP contribution in [0, 0.1) is 6.92 Å². The van der Waals surface area contributed by atoms with E-state index in [-0.39, 0.29) is 11.8 Å². The Balaban J connectivity index is 2.11. The van der Waals surface area contributed by atoms with Gasteiger partial charge >= 0.3 is 0 Å². The molecule has 4 heteroatoms. The Morgan fingerprint density at radius 3 is 1.93 bits per heavy atom. The minimum absolute atomic E-state index is 0.0450. The molecule has 0 radical (unpaired) electrons. The van der Waals surface area contributed by atoms with Crippen molar-refractivity contribution in [2.45, 2.75) is 97.8 Å². The second-order valence-electron chi connectivity index (χ2n) is 7.54. The lowest BCUT2D eigenvalue weighted by Gasteiger charge is -2.10. The molecule has 0 aromatic heterocycles. The number of nitrogens with one attached hydrogen (secondary N) is 2. The molecule has 1 aromatic rings. The highest BCUT2D eigenvalue weighted by atomic mass is 16.2. The number of unbranched alkanes of at least 4 members (excludes halogenated alkanes) is 10. The van der Waals surface area contributed by atoms with Crippen molar-refractivity contribution in [2.24, 2.45) is 0 Å². The van der Waals surface area contributed by atoms with Crippen molar-refractivity contribution >= 4 is 23.2 Å². The first-order valence-corrected chi connectivity index (χ1v) is 10.7. The maximum Gasteiger partial charge on any atom is 0.224 e. The zero-order valence-corrected chi connectivity index (χ0v) is 17.5. The minimum Gasteiger partial charge on any atom is -0.326 e.